The van der Waals surface area contributed by atoms with Crippen LogP contribution in [0.1, 0.15) is 16.7 Å². The van der Waals surface area contributed by atoms with Crippen LogP contribution in [-0.4, -0.2) is 15.4 Å². The quantitative estimate of drug-likeness (QED) is 0.409. The van der Waals surface area contributed by atoms with E-state index in [1.54, 1.807) is 18.5 Å². The Labute approximate surface area is 155 Å². The van der Waals surface area contributed by atoms with E-state index in [1.807, 2.05) is 59.1 Å². The summed E-state index contributed by atoms with van der Waals surface area (Å²) in [5.41, 5.74) is 3.67. The summed E-state index contributed by atoms with van der Waals surface area (Å²) in [4.78, 5) is 16.5. The Morgan fingerprint density at radius 2 is 2.07 bits per heavy atom. The Morgan fingerprint density at radius 1 is 1.19 bits per heavy atom. The lowest BCUT2D eigenvalue weighted by Gasteiger charge is -2.02. The average molecular weight is 353 g/mol. The zero-order valence-corrected chi connectivity index (χ0v) is 14.4. The molecule has 4 rings (SSSR count). The lowest BCUT2D eigenvalue weighted by Crippen LogP contribution is -2.01. The number of rotatable bonds is 4. The van der Waals surface area contributed by atoms with Gasteiger partial charge < -0.3 is 9.14 Å². The van der Waals surface area contributed by atoms with Gasteiger partial charge in [-0.05, 0) is 24.3 Å². The van der Waals surface area contributed by atoms with Gasteiger partial charge in [-0.1, -0.05) is 30.3 Å². The molecule has 1 aromatic carbocycles. The number of nitriles is 1. The molecule has 0 saturated carbocycles. The molecule has 0 aliphatic rings. The van der Waals surface area contributed by atoms with Crippen LogP contribution < -0.4 is 0 Å². The summed E-state index contributed by atoms with van der Waals surface area (Å²) in [5, 5.41) is 10.4. The first kappa shape index (κ1) is 16.6. The fraction of sp³-hybridized carbons (Fsp3) is 0.0455. The normalized spacial score (nSPS) is 11.1. The lowest BCUT2D eigenvalue weighted by atomic mass is 10.1. The molecule has 0 N–H and O–H groups in total. The molecule has 0 spiro atoms. The number of aromatic nitrogens is 2. The number of pyridine rings is 2. The number of hydrogen-bond donors (Lipinski definition) is 0. The molecule has 130 valence electrons. The van der Waals surface area contributed by atoms with Crippen LogP contribution in [0.2, 0.25) is 0 Å². The standard InChI is InChI=1S/C22H15N3O2/c23-13-19-18(14-25-12-2-1-8-20(19)25)15-27-21(26)10-9-17-6-3-5-16-7-4-11-24-22(16)17/h1-12,14H,15H2/b10-9+. The fourth-order valence-corrected chi connectivity index (χ4v) is 3.03. The summed E-state index contributed by atoms with van der Waals surface area (Å²) in [7, 11) is 0. The smallest absolute Gasteiger partial charge is 0.331 e. The third-order valence-electron chi connectivity index (χ3n) is 4.31. The van der Waals surface area contributed by atoms with E-state index in [2.05, 4.69) is 11.1 Å². The monoisotopic (exact) mass is 353 g/mol. The van der Waals surface area contributed by atoms with Crippen LogP contribution in [0.15, 0.2) is 73.2 Å². The largest absolute Gasteiger partial charge is 0.458 e. The van der Waals surface area contributed by atoms with Gasteiger partial charge in [0.2, 0.25) is 0 Å². The molecule has 5 nitrogen and oxygen atoms in total. The predicted molar refractivity (Wildman–Crippen MR) is 103 cm³/mol. The number of esters is 1. The van der Waals surface area contributed by atoms with E-state index < -0.39 is 5.97 Å². The molecular formula is C22H15N3O2. The molecule has 27 heavy (non-hydrogen) atoms. The number of ether oxygens (including phenoxy) is 1. The SMILES string of the molecule is N#Cc1c(COC(=O)/C=C/c2cccc3cccnc23)cn2ccccc12. The molecule has 5 heteroatoms. The maximum absolute atomic E-state index is 12.1. The van der Waals surface area contributed by atoms with Gasteiger partial charge in [-0.3, -0.25) is 4.98 Å². The molecule has 0 fully saturated rings. The molecule has 0 radical (unpaired) electrons. The van der Waals surface area contributed by atoms with E-state index >= 15 is 0 Å². The minimum atomic E-state index is -0.470. The summed E-state index contributed by atoms with van der Waals surface area (Å²) in [6, 6.07) is 17.4. The van der Waals surface area contributed by atoms with E-state index in [-0.39, 0.29) is 6.61 Å². The highest BCUT2D eigenvalue weighted by Gasteiger charge is 2.11. The highest BCUT2D eigenvalue weighted by Crippen LogP contribution is 2.19. The van der Waals surface area contributed by atoms with Gasteiger partial charge >= 0.3 is 5.97 Å². The molecule has 0 amide bonds. The topological polar surface area (TPSA) is 67.4 Å². The summed E-state index contributed by atoms with van der Waals surface area (Å²) in [6.07, 6.45) is 8.46. The predicted octanol–water partition coefficient (Wildman–Crippen LogP) is 4.12. The maximum Gasteiger partial charge on any atom is 0.331 e. The number of para-hydroxylation sites is 1. The molecule has 0 unspecified atom stereocenters. The number of nitrogens with zero attached hydrogens (tertiary/aromatic N) is 3. The van der Waals surface area contributed by atoms with Crippen LogP contribution in [0.3, 0.4) is 0 Å². The Kier molecular flexibility index (Phi) is 4.38. The van der Waals surface area contributed by atoms with Crippen LogP contribution in [0.5, 0.6) is 0 Å². The summed E-state index contributed by atoms with van der Waals surface area (Å²) >= 11 is 0. The summed E-state index contributed by atoms with van der Waals surface area (Å²) in [6.45, 7) is 0.0432. The fourth-order valence-electron chi connectivity index (χ4n) is 3.03. The van der Waals surface area contributed by atoms with Gasteiger partial charge in [0.25, 0.3) is 0 Å². The molecular weight excluding hydrogens is 338 g/mol. The molecule has 0 aliphatic carbocycles. The second-order valence-corrected chi connectivity index (χ2v) is 6.00. The van der Waals surface area contributed by atoms with Crippen molar-refractivity contribution in [2.75, 3.05) is 0 Å². The molecule has 3 heterocycles. The van der Waals surface area contributed by atoms with E-state index in [0.717, 1.165) is 22.0 Å². The van der Waals surface area contributed by atoms with E-state index in [0.29, 0.717) is 11.1 Å². The molecule has 0 bridgehead atoms. The number of fused-ring (bicyclic) bond motifs is 2. The zero-order valence-electron chi connectivity index (χ0n) is 14.4. The van der Waals surface area contributed by atoms with Crippen molar-refractivity contribution in [1.29, 1.82) is 5.26 Å². The van der Waals surface area contributed by atoms with Crippen molar-refractivity contribution in [3.8, 4) is 6.07 Å². The Bertz CT molecular complexity index is 1210. The van der Waals surface area contributed by atoms with Gasteiger partial charge in [0, 0.05) is 41.2 Å². The Morgan fingerprint density at radius 3 is 2.96 bits per heavy atom. The van der Waals surface area contributed by atoms with E-state index in [1.165, 1.54) is 6.08 Å². The van der Waals surface area contributed by atoms with Gasteiger partial charge in [0.15, 0.2) is 0 Å². The van der Waals surface area contributed by atoms with E-state index in [9.17, 15) is 10.1 Å². The van der Waals surface area contributed by atoms with Crippen molar-refractivity contribution in [1.82, 2.24) is 9.38 Å². The first-order chi connectivity index (χ1) is 13.3. The molecule has 3 aromatic heterocycles. The van der Waals surface area contributed by atoms with Crippen molar-refractivity contribution in [3.05, 3.63) is 89.9 Å². The van der Waals surface area contributed by atoms with Crippen molar-refractivity contribution in [2.24, 2.45) is 0 Å². The van der Waals surface area contributed by atoms with Gasteiger partial charge in [-0.15, -0.1) is 0 Å². The van der Waals surface area contributed by atoms with Gasteiger partial charge in [-0.25, -0.2) is 4.79 Å². The van der Waals surface area contributed by atoms with Crippen LogP contribution in [-0.2, 0) is 16.1 Å². The summed E-state index contributed by atoms with van der Waals surface area (Å²) in [5.74, 6) is -0.470. The molecule has 0 aliphatic heterocycles. The lowest BCUT2D eigenvalue weighted by molar-refractivity contribution is -0.138. The van der Waals surface area contributed by atoms with Crippen molar-refractivity contribution in [2.45, 2.75) is 6.61 Å². The van der Waals surface area contributed by atoms with Crippen LogP contribution in [0.4, 0.5) is 0 Å². The third-order valence-corrected chi connectivity index (χ3v) is 4.31. The Balaban J connectivity index is 1.50. The minimum Gasteiger partial charge on any atom is -0.458 e. The van der Waals surface area contributed by atoms with Crippen LogP contribution in [0.25, 0.3) is 22.5 Å². The van der Waals surface area contributed by atoms with Gasteiger partial charge in [-0.2, -0.15) is 5.26 Å². The van der Waals surface area contributed by atoms with Crippen molar-refractivity contribution < 1.29 is 9.53 Å². The second-order valence-electron chi connectivity index (χ2n) is 6.00. The van der Waals surface area contributed by atoms with Gasteiger partial charge in [0.05, 0.1) is 16.6 Å². The van der Waals surface area contributed by atoms with Crippen LogP contribution in [0, 0.1) is 11.3 Å². The number of benzene rings is 1. The van der Waals surface area contributed by atoms with Crippen LogP contribution >= 0.6 is 0 Å². The number of carbonyl (C=O) groups is 1. The molecule has 4 aromatic rings. The highest BCUT2D eigenvalue weighted by atomic mass is 16.5. The number of hydrogen-bond acceptors (Lipinski definition) is 4. The average Bonchev–Trinajstić information content (AvgIpc) is 3.08. The molecule has 0 saturated heterocycles. The summed E-state index contributed by atoms with van der Waals surface area (Å²) < 4.78 is 7.17. The first-order valence-electron chi connectivity index (χ1n) is 8.43. The second kappa shape index (κ2) is 7.14. The molecule has 0 atom stereocenters. The van der Waals surface area contributed by atoms with E-state index in [4.69, 9.17) is 4.74 Å². The van der Waals surface area contributed by atoms with Crippen molar-refractivity contribution >= 4 is 28.5 Å². The maximum atomic E-state index is 12.1. The Hall–Kier alpha value is -3.91. The third kappa shape index (κ3) is 3.29. The van der Waals surface area contributed by atoms with Gasteiger partial charge in [0.1, 0.15) is 12.7 Å². The number of carbonyl (C=O) groups excluding carboxylic acids is 1. The highest BCUT2D eigenvalue weighted by molar-refractivity contribution is 5.92. The first-order valence-corrected chi connectivity index (χ1v) is 8.43. The van der Waals surface area contributed by atoms with Crippen molar-refractivity contribution in [3.63, 3.8) is 0 Å². The minimum absolute atomic E-state index is 0.0432. The zero-order chi connectivity index (χ0) is 18.6.